The summed E-state index contributed by atoms with van der Waals surface area (Å²) < 4.78 is 0. The van der Waals surface area contributed by atoms with Gasteiger partial charge in [0, 0.05) is 25.2 Å². The Kier molecular flexibility index (Phi) is 3.53. The molecule has 0 amide bonds. The zero-order chi connectivity index (χ0) is 13.4. The van der Waals surface area contributed by atoms with Crippen molar-refractivity contribution in [3.63, 3.8) is 0 Å². The van der Waals surface area contributed by atoms with Crippen molar-refractivity contribution in [2.45, 2.75) is 63.6 Å². The van der Waals surface area contributed by atoms with Gasteiger partial charge in [-0.15, -0.1) is 0 Å². The molecule has 2 nitrogen and oxygen atoms in total. The van der Waals surface area contributed by atoms with Crippen LogP contribution in [-0.2, 0) is 13.0 Å². The third kappa shape index (κ3) is 2.40. The summed E-state index contributed by atoms with van der Waals surface area (Å²) in [6, 6.07) is 8.79. The zero-order valence-electron chi connectivity index (χ0n) is 12.4. The predicted octanol–water partition coefficient (Wildman–Crippen LogP) is 3.41. The molecule has 2 aliphatic heterocycles. The van der Waals surface area contributed by atoms with Gasteiger partial charge in [-0.05, 0) is 55.3 Å². The lowest BCUT2D eigenvalue weighted by Gasteiger charge is -2.40. The lowest BCUT2D eigenvalue weighted by Crippen LogP contribution is -2.43. The SMILES string of the molecule is c1cc2c(cc1C1CCCCN1)CCN(C1CCC1)C2. The molecule has 1 aliphatic carbocycles. The largest absolute Gasteiger partial charge is 0.310 e. The molecule has 0 spiro atoms. The highest BCUT2D eigenvalue weighted by molar-refractivity contribution is 5.35. The van der Waals surface area contributed by atoms with Crippen LogP contribution in [0.25, 0.3) is 0 Å². The molecule has 0 bridgehead atoms. The summed E-state index contributed by atoms with van der Waals surface area (Å²) in [6.45, 7) is 3.66. The van der Waals surface area contributed by atoms with Gasteiger partial charge in [-0.1, -0.05) is 31.0 Å². The number of piperidine rings is 1. The average molecular weight is 270 g/mol. The van der Waals surface area contributed by atoms with E-state index < -0.39 is 0 Å². The van der Waals surface area contributed by atoms with Crippen molar-refractivity contribution in [2.24, 2.45) is 0 Å². The summed E-state index contributed by atoms with van der Waals surface area (Å²) >= 11 is 0. The van der Waals surface area contributed by atoms with Crippen molar-refractivity contribution in [1.29, 1.82) is 0 Å². The molecule has 108 valence electrons. The topological polar surface area (TPSA) is 15.3 Å². The highest BCUT2D eigenvalue weighted by Gasteiger charge is 2.28. The molecule has 4 rings (SSSR count). The monoisotopic (exact) mass is 270 g/mol. The van der Waals surface area contributed by atoms with Gasteiger partial charge < -0.3 is 5.32 Å². The molecule has 1 saturated heterocycles. The number of hydrogen-bond donors (Lipinski definition) is 1. The van der Waals surface area contributed by atoms with Crippen molar-refractivity contribution in [3.8, 4) is 0 Å². The van der Waals surface area contributed by atoms with E-state index in [1.165, 1.54) is 70.1 Å². The molecule has 1 unspecified atom stereocenters. The molecule has 20 heavy (non-hydrogen) atoms. The minimum Gasteiger partial charge on any atom is -0.310 e. The summed E-state index contributed by atoms with van der Waals surface area (Å²) in [5.74, 6) is 0. The van der Waals surface area contributed by atoms with Gasteiger partial charge in [0.1, 0.15) is 0 Å². The van der Waals surface area contributed by atoms with Gasteiger partial charge in [0.05, 0.1) is 0 Å². The fourth-order valence-electron chi connectivity index (χ4n) is 4.01. The van der Waals surface area contributed by atoms with E-state index >= 15 is 0 Å². The Morgan fingerprint density at radius 2 is 1.95 bits per heavy atom. The minimum atomic E-state index is 0.610. The van der Waals surface area contributed by atoms with Crippen LogP contribution in [0.2, 0.25) is 0 Å². The van der Waals surface area contributed by atoms with E-state index in [-0.39, 0.29) is 0 Å². The average Bonchev–Trinajstić information content (AvgIpc) is 2.46. The third-order valence-corrected chi connectivity index (χ3v) is 5.58. The first-order valence-corrected chi connectivity index (χ1v) is 8.49. The lowest BCUT2D eigenvalue weighted by atomic mass is 9.87. The molecule has 1 aromatic rings. The van der Waals surface area contributed by atoms with Crippen LogP contribution in [-0.4, -0.2) is 24.0 Å². The fourth-order valence-corrected chi connectivity index (χ4v) is 4.01. The molecule has 2 fully saturated rings. The molecular formula is C18H26N2. The van der Waals surface area contributed by atoms with Crippen LogP contribution < -0.4 is 5.32 Å². The number of nitrogens with one attached hydrogen (secondary N) is 1. The van der Waals surface area contributed by atoms with E-state index in [1.807, 2.05) is 0 Å². The van der Waals surface area contributed by atoms with Crippen LogP contribution in [0.15, 0.2) is 18.2 Å². The van der Waals surface area contributed by atoms with Crippen LogP contribution in [0.1, 0.15) is 61.3 Å². The smallest absolute Gasteiger partial charge is 0.0320 e. The normalized spacial score (nSPS) is 27.9. The van der Waals surface area contributed by atoms with Crippen molar-refractivity contribution in [2.75, 3.05) is 13.1 Å². The maximum atomic E-state index is 3.68. The molecule has 1 saturated carbocycles. The van der Waals surface area contributed by atoms with Crippen LogP contribution in [0.5, 0.6) is 0 Å². The second kappa shape index (κ2) is 5.50. The standard InChI is InChI=1S/C18H26N2/c1-2-10-19-18(6-1)15-7-8-16-13-20(17-4-3-5-17)11-9-14(16)12-15/h7-8,12,17-19H,1-6,9-11,13H2. The molecule has 1 aromatic carbocycles. The van der Waals surface area contributed by atoms with Crippen molar-refractivity contribution < 1.29 is 0 Å². The van der Waals surface area contributed by atoms with Crippen LogP contribution >= 0.6 is 0 Å². The Labute approximate surface area is 122 Å². The van der Waals surface area contributed by atoms with E-state index in [1.54, 1.807) is 11.1 Å². The lowest BCUT2D eigenvalue weighted by molar-refractivity contribution is 0.113. The van der Waals surface area contributed by atoms with E-state index in [0.29, 0.717) is 6.04 Å². The Balaban J connectivity index is 1.50. The highest BCUT2D eigenvalue weighted by Crippen LogP contribution is 2.31. The maximum Gasteiger partial charge on any atom is 0.0320 e. The molecule has 0 aromatic heterocycles. The Hall–Kier alpha value is -0.860. The summed E-state index contributed by atoms with van der Waals surface area (Å²) in [7, 11) is 0. The Bertz CT molecular complexity index is 472. The van der Waals surface area contributed by atoms with Gasteiger partial charge in [-0.2, -0.15) is 0 Å². The van der Waals surface area contributed by atoms with E-state index in [2.05, 4.69) is 28.4 Å². The molecule has 2 heterocycles. The quantitative estimate of drug-likeness (QED) is 0.886. The number of nitrogens with zero attached hydrogens (tertiary/aromatic N) is 1. The molecular weight excluding hydrogens is 244 g/mol. The van der Waals surface area contributed by atoms with E-state index in [0.717, 1.165) is 6.04 Å². The predicted molar refractivity (Wildman–Crippen MR) is 82.8 cm³/mol. The molecule has 1 atom stereocenters. The van der Waals surface area contributed by atoms with Gasteiger partial charge in [-0.3, -0.25) is 4.90 Å². The number of benzene rings is 1. The Morgan fingerprint density at radius 1 is 1.00 bits per heavy atom. The zero-order valence-corrected chi connectivity index (χ0v) is 12.4. The van der Waals surface area contributed by atoms with E-state index in [9.17, 15) is 0 Å². The van der Waals surface area contributed by atoms with Crippen LogP contribution in [0, 0.1) is 0 Å². The van der Waals surface area contributed by atoms with Crippen molar-refractivity contribution in [3.05, 3.63) is 34.9 Å². The van der Waals surface area contributed by atoms with Crippen LogP contribution in [0.4, 0.5) is 0 Å². The van der Waals surface area contributed by atoms with Gasteiger partial charge >= 0.3 is 0 Å². The fraction of sp³-hybridized carbons (Fsp3) is 0.667. The highest BCUT2D eigenvalue weighted by atomic mass is 15.2. The molecule has 3 aliphatic rings. The first-order valence-electron chi connectivity index (χ1n) is 8.49. The maximum absolute atomic E-state index is 3.68. The third-order valence-electron chi connectivity index (χ3n) is 5.58. The molecule has 1 N–H and O–H groups in total. The van der Waals surface area contributed by atoms with Crippen molar-refractivity contribution >= 4 is 0 Å². The molecule has 0 radical (unpaired) electrons. The number of fused-ring (bicyclic) bond motifs is 1. The van der Waals surface area contributed by atoms with Gasteiger partial charge in [-0.25, -0.2) is 0 Å². The van der Waals surface area contributed by atoms with Gasteiger partial charge in [0.15, 0.2) is 0 Å². The Morgan fingerprint density at radius 3 is 2.70 bits per heavy atom. The molecule has 2 heteroatoms. The second-order valence-corrected chi connectivity index (χ2v) is 6.84. The summed E-state index contributed by atoms with van der Waals surface area (Å²) in [5, 5.41) is 3.68. The summed E-state index contributed by atoms with van der Waals surface area (Å²) in [5.41, 5.74) is 4.73. The number of rotatable bonds is 2. The number of hydrogen-bond acceptors (Lipinski definition) is 2. The summed E-state index contributed by atoms with van der Waals surface area (Å²) in [6.07, 6.45) is 9.60. The van der Waals surface area contributed by atoms with Crippen LogP contribution in [0.3, 0.4) is 0 Å². The van der Waals surface area contributed by atoms with Gasteiger partial charge in [0.2, 0.25) is 0 Å². The first kappa shape index (κ1) is 12.8. The van der Waals surface area contributed by atoms with Gasteiger partial charge in [0.25, 0.3) is 0 Å². The first-order chi connectivity index (χ1) is 9.90. The van der Waals surface area contributed by atoms with E-state index in [4.69, 9.17) is 0 Å². The minimum absolute atomic E-state index is 0.610. The van der Waals surface area contributed by atoms with Crippen molar-refractivity contribution in [1.82, 2.24) is 10.2 Å². The second-order valence-electron chi connectivity index (χ2n) is 6.84. The summed E-state index contributed by atoms with van der Waals surface area (Å²) in [4.78, 5) is 2.71.